The molecule has 0 aromatic heterocycles. The summed E-state index contributed by atoms with van der Waals surface area (Å²) < 4.78 is 0. The predicted octanol–water partition coefficient (Wildman–Crippen LogP) is 4.19. The second-order valence-electron chi connectivity index (χ2n) is 4.36. The summed E-state index contributed by atoms with van der Waals surface area (Å²) >= 11 is 0. The van der Waals surface area contributed by atoms with Crippen molar-refractivity contribution < 1.29 is 9.78 Å². The van der Waals surface area contributed by atoms with E-state index in [2.05, 4.69) is 18.2 Å². The zero-order valence-electron chi connectivity index (χ0n) is 9.59. The third-order valence-electron chi connectivity index (χ3n) is 3.25. The minimum Gasteiger partial charge on any atom is -0.289 e. The van der Waals surface area contributed by atoms with Crippen molar-refractivity contribution in [3.8, 4) is 22.6 Å². The van der Waals surface area contributed by atoms with E-state index < -0.39 is 0 Å². The maximum atomic E-state index is 5.36. The molecule has 2 heteroatoms. The average Bonchev–Trinajstić information content (AvgIpc) is 2.45. The second-order valence-corrected chi connectivity index (χ2v) is 4.36. The molecule has 2 nitrogen and oxygen atoms in total. The Morgan fingerprint density at radius 2 is 1.22 bits per heavy atom. The van der Waals surface area contributed by atoms with Gasteiger partial charge in [-0.25, -0.2) is 0 Å². The Bertz CT molecular complexity index is 747. The van der Waals surface area contributed by atoms with Crippen LogP contribution >= 0.6 is 0 Å². The van der Waals surface area contributed by atoms with E-state index in [1.807, 2.05) is 42.5 Å². The Morgan fingerprint density at radius 3 is 2.11 bits per heavy atom. The zero-order chi connectivity index (χ0) is 11.9. The highest BCUT2D eigenvalue weighted by Crippen LogP contribution is 2.42. The van der Waals surface area contributed by atoms with E-state index in [0.717, 1.165) is 28.0 Å². The summed E-state index contributed by atoms with van der Waals surface area (Å²) in [5.74, 6) is 1.53. The monoisotopic (exact) mass is 234 g/mol. The molecule has 0 amide bonds. The maximum absolute atomic E-state index is 5.36. The fourth-order valence-corrected chi connectivity index (χ4v) is 2.35. The molecule has 0 atom stereocenters. The van der Waals surface area contributed by atoms with Crippen LogP contribution in [-0.4, -0.2) is 0 Å². The first kappa shape index (κ1) is 9.54. The first-order valence-corrected chi connectivity index (χ1v) is 5.88. The largest absolute Gasteiger partial charge is 0.289 e. The van der Waals surface area contributed by atoms with Gasteiger partial charge in [-0.05, 0) is 29.0 Å². The van der Waals surface area contributed by atoms with Gasteiger partial charge in [0.05, 0.1) is 0 Å². The van der Waals surface area contributed by atoms with Gasteiger partial charge >= 0.3 is 0 Å². The fraction of sp³-hybridized carbons (Fsp3) is 0. The van der Waals surface area contributed by atoms with Crippen LogP contribution in [0, 0.1) is 0 Å². The molecule has 0 saturated carbocycles. The number of rotatable bonds is 0. The van der Waals surface area contributed by atoms with Crippen LogP contribution in [0.25, 0.3) is 21.9 Å². The van der Waals surface area contributed by atoms with Gasteiger partial charge in [0.1, 0.15) is 0 Å². The smallest absolute Gasteiger partial charge is 0.187 e. The average molecular weight is 234 g/mol. The molecule has 4 rings (SSSR count). The van der Waals surface area contributed by atoms with Crippen molar-refractivity contribution in [2.45, 2.75) is 0 Å². The van der Waals surface area contributed by atoms with Crippen LogP contribution < -0.4 is 9.78 Å². The molecule has 0 unspecified atom stereocenters. The van der Waals surface area contributed by atoms with Crippen LogP contribution in [0.4, 0.5) is 0 Å². The van der Waals surface area contributed by atoms with Crippen LogP contribution in [-0.2, 0) is 0 Å². The molecule has 0 saturated heterocycles. The normalized spacial score (nSPS) is 12.2. The van der Waals surface area contributed by atoms with E-state index in [1.165, 1.54) is 5.39 Å². The van der Waals surface area contributed by atoms with E-state index >= 15 is 0 Å². The van der Waals surface area contributed by atoms with Crippen molar-refractivity contribution in [2.24, 2.45) is 0 Å². The van der Waals surface area contributed by atoms with Gasteiger partial charge in [-0.15, -0.1) is 0 Å². The van der Waals surface area contributed by atoms with E-state index in [0.29, 0.717) is 0 Å². The molecule has 3 aromatic carbocycles. The third kappa shape index (κ3) is 1.29. The third-order valence-corrected chi connectivity index (χ3v) is 3.25. The van der Waals surface area contributed by atoms with Crippen molar-refractivity contribution in [3.63, 3.8) is 0 Å². The van der Waals surface area contributed by atoms with Crippen molar-refractivity contribution in [2.75, 3.05) is 0 Å². The minimum atomic E-state index is 0.764. The van der Waals surface area contributed by atoms with Gasteiger partial charge in [-0.1, -0.05) is 42.5 Å². The molecule has 0 bridgehead atoms. The molecule has 3 aromatic rings. The van der Waals surface area contributed by atoms with Crippen molar-refractivity contribution in [1.29, 1.82) is 0 Å². The highest BCUT2D eigenvalue weighted by atomic mass is 17.2. The summed E-state index contributed by atoms with van der Waals surface area (Å²) in [5, 5.41) is 2.36. The van der Waals surface area contributed by atoms with Crippen molar-refractivity contribution in [1.82, 2.24) is 0 Å². The number of hydrogen-bond acceptors (Lipinski definition) is 2. The van der Waals surface area contributed by atoms with Gasteiger partial charge in [0.2, 0.25) is 0 Å². The molecule has 0 radical (unpaired) electrons. The van der Waals surface area contributed by atoms with Crippen LogP contribution in [0.3, 0.4) is 0 Å². The zero-order valence-corrected chi connectivity index (χ0v) is 9.59. The van der Waals surface area contributed by atoms with Crippen molar-refractivity contribution >= 4 is 10.8 Å². The minimum absolute atomic E-state index is 0.764. The molecular formula is C16H10O2. The Hall–Kier alpha value is -2.48. The maximum Gasteiger partial charge on any atom is 0.187 e. The SMILES string of the molecule is c1ccc2c(c1)OOc1cc3ccccc3cc1-2. The quantitative estimate of drug-likeness (QED) is 0.543. The number of para-hydroxylation sites is 1. The molecule has 1 aliphatic rings. The van der Waals surface area contributed by atoms with E-state index in [9.17, 15) is 0 Å². The second kappa shape index (κ2) is 3.50. The summed E-state index contributed by atoms with van der Waals surface area (Å²) in [5.41, 5.74) is 2.15. The summed E-state index contributed by atoms with van der Waals surface area (Å²) in [4.78, 5) is 10.7. The summed E-state index contributed by atoms with van der Waals surface area (Å²) in [7, 11) is 0. The lowest BCUT2D eigenvalue weighted by Crippen LogP contribution is -2.07. The highest BCUT2D eigenvalue weighted by molar-refractivity contribution is 5.92. The number of hydrogen-bond donors (Lipinski definition) is 0. The fourth-order valence-electron chi connectivity index (χ4n) is 2.35. The van der Waals surface area contributed by atoms with Gasteiger partial charge in [0, 0.05) is 11.1 Å². The summed E-state index contributed by atoms with van der Waals surface area (Å²) in [6.45, 7) is 0. The summed E-state index contributed by atoms with van der Waals surface area (Å²) in [6, 6.07) is 20.3. The van der Waals surface area contributed by atoms with Crippen LogP contribution in [0.5, 0.6) is 11.5 Å². The molecule has 1 aliphatic heterocycles. The summed E-state index contributed by atoms with van der Waals surface area (Å²) in [6.07, 6.45) is 0. The van der Waals surface area contributed by atoms with E-state index in [1.54, 1.807) is 0 Å². The van der Waals surface area contributed by atoms with Crippen LogP contribution in [0.1, 0.15) is 0 Å². The van der Waals surface area contributed by atoms with Gasteiger partial charge in [0.15, 0.2) is 11.5 Å². The first-order chi connectivity index (χ1) is 8.92. The van der Waals surface area contributed by atoms with Gasteiger partial charge in [-0.3, -0.25) is 9.78 Å². The van der Waals surface area contributed by atoms with Gasteiger partial charge < -0.3 is 0 Å². The number of benzene rings is 3. The molecular weight excluding hydrogens is 224 g/mol. The van der Waals surface area contributed by atoms with Crippen molar-refractivity contribution in [3.05, 3.63) is 60.7 Å². The lowest BCUT2D eigenvalue weighted by molar-refractivity contribution is -0.102. The molecule has 1 heterocycles. The molecule has 18 heavy (non-hydrogen) atoms. The standard InChI is InChI=1S/C16H10O2/c1-2-6-12-10-16-14(9-11(12)5-1)13-7-3-4-8-15(13)17-18-16/h1-10H. The first-order valence-electron chi connectivity index (χ1n) is 5.88. The van der Waals surface area contributed by atoms with E-state index in [4.69, 9.17) is 9.78 Å². The Balaban J connectivity index is 2.06. The molecule has 0 aliphatic carbocycles. The topological polar surface area (TPSA) is 18.5 Å². The lowest BCUT2D eigenvalue weighted by Gasteiger charge is -2.19. The molecule has 0 spiro atoms. The predicted molar refractivity (Wildman–Crippen MR) is 70.6 cm³/mol. The van der Waals surface area contributed by atoms with Gasteiger partial charge in [0.25, 0.3) is 0 Å². The Labute approximate surface area is 104 Å². The van der Waals surface area contributed by atoms with Gasteiger partial charge in [-0.2, -0.15) is 0 Å². The molecule has 0 N–H and O–H groups in total. The number of fused-ring (bicyclic) bond motifs is 4. The molecule has 0 fully saturated rings. The molecule has 86 valence electrons. The highest BCUT2D eigenvalue weighted by Gasteiger charge is 2.19. The van der Waals surface area contributed by atoms with Crippen LogP contribution in [0.2, 0.25) is 0 Å². The lowest BCUT2D eigenvalue weighted by atomic mass is 9.99. The Morgan fingerprint density at radius 1 is 0.556 bits per heavy atom. The van der Waals surface area contributed by atoms with E-state index in [-0.39, 0.29) is 0 Å². The Kier molecular flexibility index (Phi) is 1.86. The van der Waals surface area contributed by atoms with Crippen LogP contribution in [0.15, 0.2) is 60.7 Å².